The molecular weight excluding hydrogens is 518 g/mol. The largest absolute Gasteiger partial charge is 0.308 e. The van der Waals surface area contributed by atoms with Crippen molar-refractivity contribution in [3.63, 3.8) is 0 Å². The molecule has 0 fully saturated rings. The Hall–Kier alpha value is -5.66. The van der Waals surface area contributed by atoms with Gasteiger partial charge in [-0.3, -0.25) is 0 Å². The summed E-state index contributed by atoms with van der Waals surface area (Å²) in [6.07, 6.45) is 0. The van der Waals surface area contributed by atoms with Gasteiger partial charge in [0.05, 0.1) is 16.6 Å². The molecule has 0 saturated carbocycles. The Kier molecular flexibility index (Phi) is 4.51. The fourth-order valence-corrected chi connectivity index (χ4v) is 7.76. The smallest absolute Gasteiger partial charge is 0.0620 e. The topological polar surface area (TPSA) is 4.41 Å². The lowest BCUT2D eigenvalue weighted by Crippen LogP contribution is -1.90. The highest BCUT2D eigenvalue weighted by Crippen LogP contribution is 2.46. The third kappa shape index (κ3) is 3.01. The number of nitrogens with zero attached hydrogens (tertiary/aromatic N) is 1. The summed E-state index contributed by atoms with van der Waals surface area (Å²) in [6, 6.07) is 55.9. The molecule has 1 heteroatoms. The second-order valence-corrected chi connectivity index (χ2v) is 11.7. The summed E-state index contributed by atoms with van der Waals surface area (Å²) in [6.45, 7) is 0. The lowest BCUT2D eigenvalue weighted by Gasteiger charge is -2.17. The molecule has 0 saturated heterocycles. The van der Waals surface area contributed by atoms with Gasteiger partial charge in [-0.25, -0.2) is 0 Å². The summed E-state index contributed by atoms with van der Waals surface area (Å²) in [5.41, 5.74) is 8.95. The maximum absolute atomic E-state index is 2.49. The van der Waals surface area contributed by atoms with Gasteiger partial charge in [0.2, 0.25) is 0 Å². The van der Waals surface area contributed by atoms with Crippen molar-refractivity contribution in [1.29, 1.82) is 0 Å². The molecule has 198 valence electrons. The first kappa shape index (κ1) is 23.0. The minimum Gasteiger partial charge on any atom is -0.308 e. The van der Waals surface area contributed by atoms with Crippen LogP contribution in [0.25, 0.3) is 92.7 Å². The van der Waals surface area contributed by atoms with Crippen LogP contribution in [0.4, 0.5) is 0 Å². The van der Waals surface area contributed by atoms with E-state index in [9.17, 15) is 0 Å². The first-order chi connectivity index (χ1) is 21.4. The van der Waals surface area contributed by atoms with E-state index >= 15 is 0 Å². The Morgan fingerprint density at radius 2 is 0.884 bits per heavy atom. The molecule has 10 rings (SSSR count). The van der Waals surface area contributed by atoms with Crippen molar-refractivity contribution in [3.8, 4) is 22.3 Å². The Morgan fingerprint density at radius 1 is 0.326 bits per heavy atom. The first-order valence-electron chi connectivity index (χ1n) is 15.0. The highest BCUT2D eigenvalue weighted by molar-refractivity contribution is 6.29. The van der Waals surface area contributed by atoms with E-state index in [0.717, 1.165) is 0 Å². The summed E-state index contributed by atoms with van der Waals surface area (Å²) in [5, 5.41) is 13.0. The number of aromatic nitrogens is 1. The van der Waals surface area contributed by atoms with Crippen molar-refractivity contribution in [2.75, 3.05) is 0 Å². The van der Waals surface area contributed by atoms with E-state index in [1.54, 1.807) is 0 Å². The molecule has 10 aromatic rings. The van der Waals surface area contributed by atoms with Crippen molar-refractivity contribution < 1.29 is 0 Å². The third-order valence-corrected chi connectivity index (χ3v) is 9.49. The van der Waals surface area contributed by atoms with Gasteiger partial charge in [-0.1, -0.05) is 133 Å². The molecule has 8 aromatic carbocycles. The van der Waals surface area contributed by atoms with Gasteiger partial charge in [0, 0.05) is 21.5 Å². The summed E-state index contributed by atoms with van der Waals surface area (Å²) in [5.74, 6) is 0. The molecule has 1 nitrogen and oxygen atoms in total. The fraction of sp³-hybridized carbons (Fsp3) is 0. The second-order valence-electron chi connectivity index (χ2n) is 11.7. The number of hydrogen-bond acceptors (Lipinski definition) is 0. The van der Waals surface area contributed by atoms with E-state index in [1.165, 1.54) is 92.7 Å². The fourth-order valence-electron chi connectivity index (χ4n) is 7.76. The molecule has 43 heavy (non-hydrogen) atoms. The van der Waals surface area contributed by atoms with E-state index in [1.807, 2.05) is 0 Å². The van der Waals surface area contributed by atoms with Crippen molar-refractivity contribution >= 4 is 70.4 Å². The van der Waals surface area contributed by atoms with Gasteiger partial charge >= 0.3 is 0 Å². The number of rotatable bonds is 2. The molecule has 0 unspecified atom stereocenters. The molecule has 2 heterocycles. The van der Waals surface area contributed by atoms with Crippen LogP contribution in [0.5, 0.6) is 0 Å². The Balaban J connectivity index is 1.33. The monoisotopic (exact) mass is 543 g/mol. The van der Waals surface area contributed by atoms with Gasteiger partial charge in [-0.15, -0.1) is 0 Å². The molecule has 0 aliphatic rings. The van der Waals surface area contributed by atoms with E-state index < -0.39 is 0 Å². The maximum Gasteiger partial charge on any atom is 0.0620 e. The number of benzene rings is 8. The number of para-hydroxylation sites is 1. The number of fused-ring (bicyclic) bond motifs is 10. The van der Waals surface area contributed by atoms with Crippen LogP contribution in [0.3, 0.4) is 0 Å². The van der Waals surface area contributed by atoms with Crippen LogP contribution in [0.15, 0.2) is 152 Å². The zero-order valence-corrected chi connectivity index (χ0v) is 23.4. The van der Waals surface area contributed by atoms with Crippen LogP contribution >= 0.6 is 0 Å². The van der Waals surface area contributed by atoms with Gasteiger partial charge in [0.15, 0.2) is 0 Å². The molecule has 0 radical (unpaired) electrons. The van der Waals surface area contributed by atoms with Crippen LogP contribution in [0.2, 0.25) is 0 Å². The van der Waals surface area contributed by atoms with Gasteiger partial charge < -0.3 is 4.40 Å². The SMILES string of the molecule is c1ccc(-c2c3ccccc3c(-c3ccc4c(c3)c3cccc5c6c7ccccc7ccc6n4c35)c3ccccc23)cc1. The molecule has 0 spiro atoms. The van der Waals surface area contributed by atoms with Gasteiger partial charge in [-0.2, -0.15) is 0 Å². The molecule has 0 aliphatic heterocycles. The highest BCUT2D eigenvalue weighted by Gasteiger charge is 2.21. The average Bonchev–Trinajstić information content (AvgIpc) is 3.59. The van der Waals surface area contributed by atoms with Gasteiger partial charge in [-0.05, 0) is 72.8 Å². The second kappa shape index (κ2) is 8.44. The van der Waals surface area contributed by atoms with Crippen LogP contribution in [-0.2, 0) is 0 Å². The van der Waals surface area contributed by atoms with Gasteiger partial charge in [0.1, 0.15) is 0 Å². The predicted molar refractivity (Wildman–Crippen MR) is 184 cm³/mol. The molecule has 2 aromatic heterocycles. The molecule has 0 aliphatic carbocycles. The molecule has 0 bridgehead atoms. The van der Waals surface area contributed by atoms with E-state index in [2.05, 4.69) is 156 Å². The molecular formula is C42H25N. The van der Waals surface area contributed by atoms with Gasteiger partial charge in [0.25, 0.3) is 0 Å². The Bertz CT molecular complexity index is 2650. The van der Waals surface area contributed by atoms with E-state index in [-0.39, 0.29) is 0 Å². The van der Waals surface area contributed by atoms with Crippen LogP contribution in [0.1, 0.15) is 0 Å². The highest BCUT2D eigenvalue weighted by atomic mass is 14.9. The first-order valence-corrected chi connectivity index (χ1v) is 15.0. The predicted octanol–water partition coefficient (Wildman–Crippen LogP) is 11.6. The van der Waals surface area contributed by atoms with Crippen molar-refractivity contribution in [1.82, 2.24) is 4.40 Å². The summed E-state index contributed by atoms with van der Waals surface area (Å²) < 4.78 is 2.49. The lowest BCUT2D eigenvalue weighted by molar-refractivity contribution is 1.37. The van der Waals surface area contributed by atoms with Crippen molar-refractivity contribution in [3.05, 3.63) is 152 Å². The Labute approximate surface area is 248 Å². The average molecular weight is 544 g/mol. The Morgan fingerprint density at radius 3 is 1.60 bits per heavy atom. The minimum atomic E-state index is 1.25. The summed E-state index contributed by atoms with van der Waals surface area (Å²) in [7, 11) is 0. The number of hydrogen-bond donors (Lipinski definition) is 0. The lowest BCUT2D eigenvalue weighted by atomic mass is 9.86. The van der Waals surface area contributed by atoms with E-state index in [4.69, 9.17) is 0 Å². The quantitative estimate of drug-likeness (QED) is 0.191. The summed E-state index contributed by atoms with van der Waals surface area (Å²) >= 11 is 0. The normalized spacial score (nSPS) is 12.2. The minimum absolute atomic E-state index is 1.25. The maximum atomic E-state index is 2.49. The summed E-state index contributed by atoms with van der Waals surface area (Å²) in [4.78, 5) is 0. The van der Waals surface area contributed by atoms with Crippen LogP contribution in [0, 0.1) is 0 Å². The zero-order valence-electron chi connectivity index (χ0n) is 23.4. The molecule has 0 atom stereocenters. The van der Waals surface area contributed by atoms with Crippen molar-refractivity contribution in [2.24, 2.45) is 0 Å². The third-order valence-electron chi connectivity index (χ3n) is 9.49. The van der Waals surface area contributed by atoms with Crippen LogP contribution < -0.4 is 0 Å². The zero-order chi connectivity index (χ0) is 28.1. The standard InChI is InChI=1S/C42H25N/c1-2-12-27(13-3-1)39-30-15-6-8-17-32(30)40(33-18-9-7-16-31(33)39)28-22-23-37-36(25-28)34-19-10-20-35-41-29-14-5-4-11-26(29)21-24-38(41)43(37)42(34)35/h1-25H. The van der Waals surface area contributed by atoms with E-state index in [0.29, 0.717) is 0 Å². The van der Waals surface area contributed by atoms with Crippen LogP contribution in [-0.4, -0.2) is 4.40 Å². The van der Waals surface area contributed by atoms with Crippen molar-refractivity contribution in [2.45, 2.75) is 0 Å². The molecule has 0 amide bonds. The molecule has 0 N–H and O–H groups in total.